The fourth-order valence-corrected chi connectivity index (χ4v) is 4.57. The van der Waals surface area contributed by atoms with Crippen LogP contribution in [-0.2, 0) is 4.74 Å². The summed E-state index contributed by atoms with van der Waals surface area (Å²) >= 11 is 3.35. The van der Waals surface area contributed by atoms with E-state index in [1.165, 1.54) is 19.3 Å². The van der Waals surface area contributed by atoms with Crippen LogP contribution >= 0.6 is 15.9 Å². The van der Waals surface area contributed by atoms with Crippen molar-refractivity contribution in [2.24, 2.45) is 0 Å². The maximum atomic E-state index is 12.9. The number of benzene rings is 1. The standard InChI is InChI=1S/C24H32BrN5O2/c1-28(12-13-29-14-16-32-17-15-29)19-8-9-20(22(18-19)30-10-3-2-4-11-30)27-24(31)21-6-5-7-23(25)26-21/h5-9,18H,2-4,10-17H2,1H3,(H,27,31). The predicted octanol–water partition coefficient (Wildman–Crippen LogP) is 3.86. The number of ether oxygens (including phenoxy) is 1. The number of anilines is 3. The summed E-state index contributed by atoms with van der Waals surface area (Å²) in [6, 6.07) is 11.7. The van der Waals surface area contributed by atoms with Crippen molar-refractivity contribution >= 4 is 38.9 Å². The van der Waals surface area contributed by atoms with Gasteiger partial charge in [0.1, 0.15) is 10.3 Å². The third kappa shape index (κ3) is 5.99. The second-order valence-electron chi connectivity index (χ2n) is 8.42. The molecule has 2 saturated heterocycles. The first-order valence-electron chi connectivity index (χ1n) is 11.4. The normalized spacial score (nSPS) is 17.2. The molecule has 172 valence electrons. The van der Waals surface area contributed by atoms with Gasteiger partial charge in [-0.1, -0.05) is 6.07 Å². The van der Waals surface area contributed by atoms with E-state index in [4.69, 9.17) is 4.74 Å². The molecule has 1 aromatic carbocycles. The zero-order valence-electron chi connectivity index (χ0n) is 18.7. The van der Waals surface area contributed by atoms with Crippen LogP contribution in [0.3, 0.4) is 0 Å². The van der Waals surface area contributed by atoms with Crippen LogP contribution in [0.5, 0.6) is 0 Å². The number of nitrogens with one attached hydrogen (secondary N) is 1. The van der Waals surface area contributed by atoms with E-state index < -0.39 is 0 Å². The van der Waals surface area contributed by atoms with Crippen LogP contribution in [0, 0.1) is 0 Å². The quantitative estimate of drug-likeness (QED) is 0.581. The Morgan fingerprint density at radius 1 is 1.12 bits per heavy atom. The number of nitrogens with zero attached hydrogens (tertiary/aromatic N) is 4. The molecule has 8 heteroatoms. The largest absolute Gasteiger partial charge is 0.379 e. The van der Waals surface area contributed by atoms with Gasteiger partial charge in [-0.25, -0.2) is 4.98 Å². The Morgan fingerprint density at radius 3 is 2.66 bits per heavy atom. The highest BCUT2D eigenvalue weighted by atomic mass is 79.9. The molecule has 2 aliphatic rings. The zero-order chi connectivity index (χ0) is 22.3. The number of morpholine rings is 1. The van der Waals surface area contributed by atoms with Gasteiger partial charge in [-0.15, -0.1) is 0 Å². The minimum atomic E-state index is -0.196. The monoisotopic (exact) mass is 501 g/mol. The van der Waals surface area contributed by atoms with Gasteiger partial charge in [-0.3, -0.25) is 9.69 Å². The van der Waals surface area contributed by atoms with E-state index in [1.807, 2.05) is 18.2 Å². The van der Waals surface area contributed by atoms with Crippen molar-refractivity contribution in [3.05, 3.63) is 46.7 Å². The Bertz CT molecular complexity index is 913. The van der Waals surface area contributed by atoms with Crippen molar-refractivity contribution in [2.75, 3.05) is 74.6 Å². The van der Waals surface area contributed by atoms with Gasteiger partial charge in [0, 0.05) is 52.0 Å². The first-order chi connectivity index (χ1) is 15.6. The third-order valence-electron chi connectivity index (χ3n) is 6.17. The number of rotatable bonds is 7. The van der Waals surface area contributed by atoms with Crippen LogP contribution in [0.1, 0.15) is 29.8 Å². The average Bonchev–Trinajstić information content (AvgIpc) is 2.84. The SMILES string of the molecule is CN(CCN1CCOCC1)c1ccc(NC(=O)c2cccc(Br)n2)c(N2CCCCC2)c1. The number of carbonyl (C=O) groups excluding carboxylic acids is 1. The van der Waals surface area contributed by atoms with E-state index >= 15 is 0 Å². The molecule has 0 saturated carbocycles. The molecule has 2 fully saturated rings. The van der Waals surface area contributed by atoms with Crippen molar-refractivity contribution in [3.8, 4) is 0 Å². The summed E-state index contributed by atoms with van der Waals surface area (Å²) < 4.78 is 6.11. The molecule has 3 heterocycles. The Labute approximate surface area is 198 Å². The number of carbonyl (C=O) groups is 1. The van der Waals surface area contributed by atoms with Crippen LogP contribution in [0.15, 0.2) is 41.0 Å². The van der Waals surface area contributed by atoms with Crippen molar-refractivity contribution in [2.45, 2.75) is 19.3 Å². The lowest BCUT2D eigenvalue weighted by Gasteiger charge is -2.32. The number of aromatic nitrogens is 1. The van der Waals surface area contributed by atoms with Gasteiger partial charge in [-0.2, -0.15) is 0 Å². The van der Waals surface area contributed by atoms with E-state index in [2.05, 4.69) is 60.1 Å². The minimum Gasteiger partial charge on any atom is -0.379 e. The molecule has 0 unspecified atom stereocenters. The summed E-state index contributed by atoms with van der Waals surface area (Å²) in [6.07, 6.45) is 3.62. The Kier molecular flexibility index (Phi) is 8.00. The Hall–Kier alpha value is -2.16. The molecule has 1 aromatic heterocycles. The van der Waals surface area contributed by atoms with Gasteiger partial charge in [0.2, 0.25) is 0 Å². The fourth-order valence-electron chi connectivity index (χ4n) is 4.23. The molecule has 1 amide bonds. The van der Waals surface area contributed by atoms with Gasteiger partial charge in [-0.05, 0) is 65.5 Å². The van der Waals surface area contributed by atoms with Gasteiger partial charge in [0.25, 0.3) is 5.91 Å². The number of hydrogen-bond acceptors (Lipinski definition) is 6. The van der Waals surface area contributed by atoms with E-state index in [-0.39, 0.29) is 5.91 Å². The van der Waals surface area contributed by atoms with Gasteiger partial charge in [0.15, 0.2) is 0 Å². The summed E-state index contributed by atoms with van der Waals surface area (Å²) in [6.45, 7) is 7.65. The summed E-state index contributed by atoms with van der Waals surface area (Å²) in [7, 11) is 2.14. The molecule has 2 aromatic rings. The molecular weight excluding hydrogens is 470 g/mol. The van der Waals surface area contributed by atoms with E-state index in [9.17, 15) is 4.79 Å². The molecular formula is C24H32BrN5O2. The molecule has 0 radical (unpaired) electrons. The predicted molar refractivity (Wildman–Crippen MR) is 133 cm³/mol. The summed E-state index contributed by atoms with van der Waals surface area (Å²) in [4.78, 5) is 24.3. The van der Waals surface area contributed by atoms with Crippen LogP contribution in [0.25, 0.3) is 0 Å². The molecule has 32 heavy (non-hydrogen) atoms. The third-order valence-corrected chi connectivity index (χ3v) is 6.61. The second kappa shape index (κ2) is 11.1. The first kappa shape index (κ1) is 23.0. The molecule has 0 spiro atoms. The highest BCUT2D eigenvalue weighted by molar-refractivity contribution is 9.10. The minimum absolute atomic E-state index is 0.196. The Morgan fingerprint density at radius 2 is 1.91 bits per heavy atom. The highest BCUT2D eigenvalue weighted by Crippen LogP contribution is 2.33. The van der Waals surface area contributed by atoms with Gasteiger partial charge < -0.3 is 19.9 Å². The molecule has 7 nitrogen and oxygen atoms in total. The summed E-state index contributed by atoms with van der Waals surface area (Å²) in [5, 5.41) is 3.10. The smallest absolute Gasteiger partial charge is 0.274 e. The fraction of sp³-hybridized carbons (Fsp3) is 0.500. The van der Waals surface area contributed by atoms with Gasteiger partial charge >= 0.3 is 0 Å². The van der Waals surface area contributed by atoms with Crippen molar-refractivity contribution in [1.82, 2.24) is 9.88 Å². The van der Waals surface area contributed by atoms with E-state index in [0.717, 1.165) is 69.5 Å². The van der Waals surface area contributed by atoms with Crippen molar-refractivity contribution < 1.29 is 9.53 Å². The second-order valence-corrected chi connectivity index (χ2v) is 9.24. The highest BCUT2D eigenvalue weighted by Gasteiger charge is 2.19. The zero-order valence-corrected chi connectivity index (χ0v) is 20.3. The maximum Gasteiger partial charge on any atom is 0.274 e. The van der Waals surface area contributed by atoms with Crippen molar-refractivity contribution in [1.29, 1.82) is 0 Å². The molecule has 0 aliphatic carbocycles. The number of hydrogen-bond donors (Lipinski definition) is 1. The van der Waals surface area contributed by atoms with Crippen molar-refractivity contribution in [3.63, 3.8) is 0 Å². The molecule has 2 aliphatic heterocycles. The lowest BCUT2D eigenvalue weighted by Crippen LogP contribution is -2.40. The number of amides is 1. The van der Waals surface area contributed by atoms with Crippen LogP contribution in [-0.4, -0.2) is 75.3 Å². The van der Waals surface area contributed by atoms with Crippen LogP contribution < -0.4 is 15.1 Å². The molecule has 1 N–H and O–H groups in total. The van der Waals surface area contributed by atoms with Gasteiger partial charge in [0.05, 0.1) is 24.6 Å². The first-order valence-corrected chi connectivity index (χ1v) is 12.2. The number of likely N-dealkylation sites (N-methyl/N-ethyl adjacent to an activating group) is 1. The summed E-state index contributed by atoms with van der Waals surface area (Å²) in [5.41, 5.74) is 3.49. The van der Waals surface area contributed by atoms with Crippen LogP contribution in [0.2, 0.25) is 0 Å². The summed E-state index contributed by atoms with van der Waals surface area (Å²) in [5.74, 6) is -0.196. The van der Waals surface area contributed by atoms with Crippen LogP contribution in [0.4, 0.5) is 17.1 Å². The topological polar surface area (TPSA) is 60.9 Å². The lowest BCUT2D eigenvalue weighted by atomic mass is 10.1. The number of pyridine rings is 1. The lowest BCUT2D eigenvalue weighted by molar-refractivity contribution is 0.0393. The van der Waals surface area contributed by atoms with E-state index in [1.54, 1.807) is 6.07 Å². The maximum absolute atomic E-state index is 12.9. The molecule has 4 rings (SSSR count). The Balaban J connectivity index is 1.51. The molecule has 0 atom stereocenters. The average molecular weight is 502 g/mol. The van der Waals surface area contributed by atoms with E-state index in [0.29, 0.717) is 10.3 Å². The number of halogens is 1. The molecule has 0 bridgehead atoms. The number of piperidine rings is 1.